The van der Waals surface area contributed by atoms with Crippen LogP contribution in [0.2, 0.25) is 0 Å². The highest BCUT2D eigenvalue weighted by atomic mass is 79.9. The van der Waals surface area contributed by atoms with Crippen LogP contribution in [-0.2, 0) is 21.7 Å². The van der Waals surface area contributed by atoms with Crippen molar-refractivity contribution in [1.82, 2.24) is 0 Å². The van der Waals surface area contributed by atoms with E-state index in [2.05, 4.69) is 454 Å². The molecule has 6 heteroatoms. The largest absolute Gasteiger partial charge is 0.488 e. The van der Waals surface area contributed by atoms with Gasteiger partial charge in [-0.2, -0.15) is 0 Å². The fraction of sp³-hybridized carbons (Fsp3) is 0.0769. The lowest BCUT2D eigenvalue weighted by atomic mass is 9.55. The molecule has 0 amide bonds. The first-order valence-corrected chi connectivity index (χ1v) is 42.9. The van der Waals surface area contributed by atoms with Crippen LogP contribution < -0.4 is 15.3 Å². The topological polar surface area (TPSA) is 46.9 Å². The van der Waals surface area contributed by atoms with Gasteiger partial charge >= 0.3 is 7.12 Å². The molecule has 0 aromatic heterocycles. The van der Waals surface area contributed by atoms with Crippen molar-refractivity contribution in [2.45, 2.75) is 56.8 Å². The molecular weight excluding hydrogens is 1560 g/mol. The van der Waals surface area contributed by atoms with Gasteiger partial charge in [0, 0.05) is 55.0 Å². The first-order valence-electron chi connectivity index (χ1n) is 42.1. The van der Waals surface area contributed by atoms with Crippen LogP contribution in [0.15, 0.2) is 453 Å². The van der Waals surface area contributed by atoms with Gasteiger partial charge in [0.05, 0.1) is 10.8 Å². The van der Waals surface area contributed by atoms with Crippen LogP contribution in [0, 0.1) is 0 Å². The van der Waals surface area contributed by atoms with E-state index >= 15 is 0 Å². The van der Waals surface area contributed by atoms with Gasteiger partial charge < -0.3 is 19.8 Å². The molecular formula is C117H92BBrN2O2. The standard InChI is InChI=1S/C58H43N.C30H24BNO2.C28H21Br.CH4/c1-57(2)51-23-11-13-25-53(51)58(54-26-14-12-24-52(54)57)50-22-10-9-20-49(50)56-48(21-15-27-55(56)58)44-34-38-47(39-35-44)59(45-18-7-4-8-19-45)46-36-32-43(33-37-46)42-30-28-41(29-31-42)40-16-5-3-6-17-40;33-31(34)27-17-21-30(22-18-27)32(28-9-5-2-6-10-28)29-19-15-26(16-20-29)25-13-11-24(12-14-25)23-7-3-1-4-8-23;1-27(2)20-12-5-7-14-22(20)28(23-15-8-6-13-21(23)27)19-11-4-3-10-18(19)26-24(28)16-9-17-25(26)29;/h3-39H,1-2H3;1-22,33-34H;3-17H,1-2H3;1H4. The van der Waals surface area contributed by atoms with Crippen molar-refractivity contribution in [3.05, 3.63) is 520 Å². The fourth-order valence-electron chi connectivity index (χ4n) is 20.2. The lowest BCUT2D eigenvalue weighted by Crippen LogP contribution is -2.40. The van der Waals surface area contributed by atoms with Gasteiger partial charge in [0.1, 0.15) is 0 Å². The number of halogens is 1. The Hall–Kier alpha value is -14.0. The fourth-order valence-corrected chi connectivity index (χ4v) is 20.8. The molecule has 0 atom stereocenters. The maximum absolute atomic E-state index is 9.45. The van der Waals surface area contributed by atoms with Crippen molar-refractivity contribution < 1.29 is 10.0 Å². The first kappa shape index (κ1) is 78.8. The zero-order valence-corrected chi connectivity index (χ0v) is 70.1. The molecule has 0 bridgehead atoms. The van der Waals surface area contributed by atoms with Gasteiger partial charge in [-0.25, -0.2) is 0 Å². The van der Waals surface area contributed by atoms with Crippen molar-refractivity contribution in [1.29, 1.82) is 0 Å². The number of benzene rings is 18. The monoisotopic (exact) mass is 1650 g/mol. The number of para-hydroxylation sites is 2. The average molecular weight is 1650 g/mol. The highest BCUT2D eigenvalue weighted by molar-refractivity contribution is 9.10. The van der Waals surface area contributed by atoms with E-state index in [1.807, 2.05) is 36.4 Å². The predicted molar refractivity (Wildman–Crippen MR) is 519 cm³/mol. The van der Waals surface area contributed by atoms with Crippen LogP contribution in [0.4, 0.5) is 34.1 Å². The number of anilines is 6. The van der Waals surface area contributed by atoms with E-state index in [4.69, 9.17) is 0 Å². The van der Waals surface area contributed by atoms with E-state index in [-0.39, 0.29) is 23.7 Å². The summed E-state index contributed by atoms with van der Waals surface area (Å²) in [5, 5.41) is 18.9. The van der Waals surface area contributed by atoms with Crippen LogP contribution in [0.1, 0.15) is 102 Å². The predicted octanol–water partition coefficient (Wildman–Crippen LogP) is 29.4. The Morgan fingerprint density at radius 2 is 0.431 bits per heavy atom. The minimum atomic E-state index is -1.48. The second kappa shape index (κ2) is 32.5. The van der Waals surface area contributed by atoms with Crippen LogP contribution in [-0.4, -0.2) is 17.2 Å². The van der Waals surface area contributed by atoms with E-state index in [9.17, 15) is 10.0 Å². The third-order valence-electron chi connectivity index (χ3n) is 25.9. The zero-order valence-electron chi connectivity index (χ0n) is 68.5. The Morgan fingerprint density at radius 1 is 0.203 bits per heavy atom. The molecule has 4 nitrogen and oxygen atoms in total. The molecule has 22 rings (SSSR count). The maximum atomic E-state index is 9.45. The van der Waals surface area contributed by atoms with Gasteiger partial charge in [0.25, 0.3) is 0 Å². The normalized spacial score (nSPS) is 13.5. The molecule has 0 heterocycles. The van der Waals surface area contributed by atoms with E-state index in [1.165, 1.54) is 144 Å². The SMILES string of the molecule is C.CC1(C)c2ccccc2C2(c3ccccc3-c3c(-c4ccc(N(c5ccccc5)c5ccc(-c6ccc(-c7ccccc7)cc6)cc5)cc4)cccc32)c2ccccc21.CC1(C)c2ccccc2C2(c3ccccc3-c3c(Br)cccc32)c2ccccc21.OB(O)c1ccc(N(c2ccccc2)c2ccc(-c3ccc(-c4ccccc4)cc3)cc2)cc1. The highest BCUT2D eigenvalue weighted by Crippen LogP contribution is 2.65. The summed E-state index contributed by atoms with van der Waals surface area (Å²) < 4.78 is 1.17. The molecule has 592 valence electrons. The molecule has 0 radical (unpaired) electrons. The molecule has 2 N–H and O–H groups in total. The van der Waals surface area contributed by atoms with Crippen LogP contribution in [0.3, 0.4) is 0 Å². The van der Waals surface area contributed by atoms with Gasteiger partial charge in [-0.3, -0.25) is 0 Å². The molecule has 0 fully saturated rings. The molecule has 123 heavy (non-hydrogen) atoms. The Morgan fingerprint density at radius 3 is 0.772 bits per heavy atom. The summed E-state index contributed by atoms with van der Waals surface area (Å²) in [5.74, 6) is 0. The van der Waals surface area contributed by atoms with Crippen molar-refractivity contribution in [3.8, 4) is 77.9 Å². The summed E-state index contributed by atoms with van der Waals surface area (Å²) in [5.41, 5.74) is 40.0. The van der Waals surface area contributed by atoms with Crippen molar-refractivity contribution in [2.24, 2.45) is 0 Å². The Labute approximate surface area is 732 Å². The highest BCUT2D eigenvalue weighted by Gasteiger charge is 2.55. The number of rotatable bonds is 12. The lowest BCUT2D eigenvalue weighted by molar-refractivity contribution is 0.426. The van der Waals surface area contributed by atoms with E-state index < -0.39 is 12.5 Å². The zero-order chi connectivity index (χ0) is 82.7. The molecule has 18 aromatic carbocycles. The Kier molecular flexibility index (Phi) is 20.9. The van der Waals surface area contributed by atoms with Crippen molar-refractivity contribution >= 4 is 62.6 Å². The summed E-state index contributed by atoms with van der Waals surface area (Å²) in [7, 11) is -1.48. The summed E-state index contributed by atoms with van der Waals surface area (Å²) >= 11 is 3.87. The van der Waals surface area contributed by atoms with E-state index in [0.717, 1.165) is 39.7 Å². The number of fused-ring (bicyclic) bond motifs is 18. The Bertz CT molecular complexity index is 6780. The number of nitrogens with zero attached hydrogens (tertiary/aromatic N) is 2. The van der Waals surface area contributed by atoms with Crippen LogP contribution in [0.5, 0.6) is 0 Å². The van der Waals surface area contributed by atoms with Gasteiger partial charge in [0.2, 0.25) is 0 Å². The van der Waals surface area contributed by atoms with Crippen LogP contribution in [0.25, 0.3) is 77.9 Å². The summed E-state index contributed by atoms with van der Waals surface area (Å²) in [6.07, 6.45) is 0. The molecule has 18 aromatic rings. The molecule has 2 spiro atoms. The molecule has 0 saturated carbocycles. The minimum Gasteiger partial charge on any atom is -0.423 e. The van der Waals surface area contributed by atoms with Gasteiger partial charge in [0.15, 0.2) is 0 Å². The molecule has 0 aliphatic heterocycles. The lowest BCUT2D eigenvalue weighted by Gasteiger charge is -2.46. The first-order chi connectivity index (χ1) is 59.8. The van der Waals surface area contributed by atoms with Gasteiger partial charge in [-0.15, -0.1) is 0 Å². The average Bonchev–Trinajstić information content (AvgIpc) is 1.54. The van der Waals surface area contributed by atoms with Crippen molar-refractivity contribution in [2.75, 3.05) is 9.80 Å². The second-order valence-electron chi connectivity index (χ2n) is 33.2. The summed E-state index contributed by atoms with van der Waals surface area (Å²) in [6.45, 7) is 9.49. The molecule has 0 unspecified atom stereocenters. The number of hydrogen-bond donors (Lipinski definition) is 2. The maximum Gasteiger partial charge on any atom is 0.488 e. The third kappa shape index (κ3) is 13.5. The van der Waals surface area contributed by atoms with Crippen molar-refractivity contribution in [3.63, 3.8) is 0 Å². The van der Waals surface area contributed by atoms with Gasteiger partial charge in [-0.05, 0) is 223 Å². The van der Waals surface area contributed by atoms with Crippen LogP contribution >= 0.6 is 15.9 Å². The summed E-state index contributed by atoms with van der Waals surface area (Å²) in [4.78, 5) is 4.50. The van der Waals surface area contributed by atoms with E-state index in [1.54, 1.807) is 12.1 Å². The number of hydrogen-bond acceptors (Lipinski definition) is 4. The summed E-state index contributed by atoms with van der Waals surface area (Å²) in [6, 6.07) is 161. The molecule has 4 aliphatic carbocycles. The Balaban J connectivity index is 0.000000132. The second-order valence-corrected chi connectivity index (χ2v) is 34.1. The quantitative estimate of drug-likeness (QED) is 0.120. The molecule has 0 saturated heterocycles. The van der Waals surface area contributed by atoms with Gasteiger partial charge in [-0.1, -0.05) is 421 Å². The smallest absolute Gasteiger partial charge is 0.423 e. The third-order valence-corrected chi connectivity index (χ3v) is 26.6. The minimum absolute atomic E-state index is 0. The van der Waals surface area contributed by atoms with E-state index in [0.29, 0.717) is 5.46 Å². The molecule has 4 aliphatic rings.